The number of aromatic nitrogens is 3. The summed E-state index contributed by atoms with van der Waals surface area (Å²) >= 11 is 12.7. The van der Waals surface area contributed by atoms with E-state index in [4.69, 9.17) is 32.9 Å². The highest BCUT2D eigenvalue weighted by atomic mass is 35.5. The number of ether oxygens (including phenoxy) is 1. The van der Waals surface area contributed by atoms with Gasteiger partial charge in [-0.3, -0.25) is 14.6 Å². The van der Waals surface area contributed by atoms with E-state index < -0.39 is 5.60 Å². The van der Waals surface area contributed by atoms with E-state index in [1.54, 1.807) is 25.4 Å². The predicted octanol–water partition coefficient (Wildman–Crippen LogP) is 4.88. The zero-order valence-corrected chi connectivity index (χ0v) is 27.1. The van der Waals surface area contributed by atoms with Crippen LogP contribution in [0.15, 0.2) is 42.7 Å². The number of halogens is 2. The third kappa shape index (κ3) is 9.49. The molecule has 2 N–H and O–H groups in total. The van der Waals surface area contributed by atoms with Gasteiger partial charge in [-0.2, -0.15) is 0 Å². The summed E-state index contributed by atoms with van der Waals surface area (Å²) in [5.74, 6) is 2.10. The number of hydrogen-bond donors (Lipinski definition) is 2. The number of pyridine rings is 1. The zero-order valence-electron chi connectivity index (χ0n) is 25.6. The van der Waals surface area contributed by atoms with Crippen LogP contribution in [-0.4, -0.2) is 93.7 Å². The molecular weight excluding hydrogens is 601 g/mol. The zero-order chi connectivity index (χ0) is 31.3. The Labute approximate surface area is 269 Å². The van der Waals surface area contributed by atoms with Crippen LogP contribution in [0.1, 0.15) is 39.2 Å². The monoisotopic (exact) mass is 641 g/mol. The van der Waals surface area contributed by atoms with Crippen LogP contribution in [0.4, 0.5) is 5.95 Å². The summed E-state index contributed by atoms with van der Waals surface area (Å²) in [5, 5.41) is 14.1. The van der Waals surface area contributed by atoms with E-state index in [0.717, 1.165) is 76.3 Å². The second-order valence-electron chi connectivity index (χ2n) is 12.4. The first kappa shape index (κ1) is 32.4. The number of aliphatic hydroxyl groups is 1. The fourth-order valence-electron chi connectivity index (χ4n) is 5.75. The molecule has 12 heteroatoms. The Morgan fingerprint density at radius 1 is 0.977 bits per heavy atom. The Kier molecular flexibility index (Phi) is 10.6. The van der Waals surface area contributed by atoms with Gasteiger partial charge in [0.15, 0.2) is 5.75 Å². The molecule has 5 rings (SSSR count). The van der Waals surface area contributed by atoms with Gasteiger partial charge in [0, 0.05) is 74.4 Å². The number of piperidine rings is 1. The summed E-state index contributed by atoms with van der Waals surface area (Å²) in [6.45, 7) is 12.5. The largest absolute Gasteiger partial charge is 0.436 e. The minimum atomic E-state index is -0.715. The average molecular weight is 643 g/mol. The van der Waals surface area contributed by atoms with Crippen molar-refractivity contribution in [1.29, 1.82) is 0 Å². The number of β-amino-alcohol motifs (C(OH)–C–C–N with tert-alkyl or cyclic N) is 1. The van der Waals surface area contributed by atoms with Gasteiger partial charge in [-0.05, 0) is 75.5 Å². The number of likely N-dealkylation sites (tertiary alicyclic amines) is 1. The van der Waals surface area contributed by atoms with Crippen LogP contribution in [0.25, 0.3) is 11.3 Å². The molecule has 10 nitrogen and oxygen atoms in total. The van der Waals surface area contributed by atoms with Crippen molar-refractivity contribution >= 4 is 35.1 Å². The molecule has 3 aromatic rings. The second kappa shape index (κ2) is 14.4. The first-order valence-corrected chi connectivity index (χ1v) is 15.9. The molecule has 1 aromatic carbocycles. The summed E-state index contributed by atoms with van der Waals surface area (Å²) in [4.78, 5) is 32.1. The number of hydrogen-bond acceptors (Lipinski definition) is 9. The van der Waals surface area contributed by atoms with Gasteiger partial charge in [0.05, 0.1) is 23.7 Å². The summed E-state index contributed by atoms with van der Waals surface area (Å²) in [5.41, 5.74) is 1.86. The van der Waals surface area contributed by atoms with E-state index in [2.05, 4.69) is 36.1 Å². The minimum Gasteiger partial charge on any atom is -0.436 e. The molecule has 0 radical (unpaired) electrons. The molecule has 44 heavy (non-hydrogen) atoms. The lowest BCUT2D eigenvalue weighted by Crippen LogP contribution is -2.50. The number of carbonyl (C=O) groups is 1. The van der Waals surface area contributed by atoms with Gasteiger partial charge in [0.25, 0.3) is 0 Å². The quantitative estimate of drug-likeness (QED) is 0.320. The summed E-state index contributed by atoms with van der Waals surface area (Å²) < 4.78 is 6.20. The first-order chi connectivity index (χ1) is 21.0. The fraction of sp³-hybridized carbons (Fsp3) is 0.500. The highest BCUT2D eigenvalue weighted by Crippen LogP contribution is 2.31. The van der Waals surface area contributed by atoms with Gasteiger partial charge >= 0.3 is 0 Å². The fourth-order valence-corrected chi connectivity index (χ4v) is 6.27. The summed E-state index contributed by atoms with van der Waals surface area (Å²) in [6.07, 6.45) is 5.42. The van der Waals surface area contributed by atoms with Crippen LogP contribution in [-0.2, 0) is 11.3 Å². The van der Waals surface area contributed by atoms with Gasteiger partial charge in [-0.25, -0.2) is 15.0 Å². The number of rotatable bonds is 10. The molecule has 236 valence electrons. The molecule has 1 amide bonds. The third-order valence-corrected chi connectivity index (χ3v) is 8.31. The van der Waals surface area contributed by atoms with Gasteiger partial charge in [-0.1, -0.05) is 23.2 Å². The SMILES string of the molecule is CC(=O)NCC1CCN(Cc2cc(Oc3cnc(N4CCN(CC(C)(C)O)CC4)nc3)nc(-c3cc(Cl)cc(Cl)c3)c2)CC1. The number of piperazine rings is 1. The van der Waals surface area contributed by atoms with Crippen LogP contribution in [0.5, 0.6) is 11.6 Å². The molecular formula is C32H41Cl2N7O3. The van der Waals surface area contributed by atoms with Gasteiger partial charge in [0.1, 0.15) is 0 Å². The lowest BCUT2D eigenvalue weighted by Gasteiger charge is -2.37. The molecule has 4 heterocycles. The molecule has 0 aliphatic carbocycles. The standard InChI is InChI=1S/C32H41Cl2N7O3/c1-22(42)35-17-23-4-6-39(7-5-23)20-24-12-29(25-14-26(33)16-27(34)15-25)38-30(13-24)44-28-18-36-31(37-19-28)41-10-8-40(9-11-41)21-32(2,3)43/h12-16,18-19,23,43H,4-11,17,20-21H2,1-3H3,(H,35,42). The highest BCUT2D eigenvalue weighted by molar-refractivity contribution is 6.35. The molecule has 0 bridgehead atoms. The summed E-state index contributed by atoms with van der Waals surface area (Å²) in [6, 6.07) is 9.39. The molecule has 2 aromatic heterocycles. The van der Waals surface area contributed by atoms with Crippen molar-refractivity contribution in [2.75, 3.05) is 57.3 Å². The number of nitrogens with zero attached hydrogens (tertiary/aromatic N) is 6. The Morgan fingerprint density at radius 2 is 1.64 bits per heavy atom. The van der Waals surface area contributed by atoms with Crippen LogP contribution >= 0.6 is 23.2 Å². The van der Waals surface area contributed by atoms with Crippen LogP contribution < -0.4 is 15.0 Å². The van der Waals surface area contributed by atoms with E-state index in [1.165, 1.54) is 0 Å². The van der Waals surface area contributed by atoms with Gasteiger partial charge < -0.3 is 20.1 Å². The first-order valence-electron chi connectivity index (χ1n) is 15.1. The molecule has 0 unspecified atom stereocenters. The van der Waals surface area contributed by atoms with E-state index in [0.29, 0.717) is 45.8 Å². The molecule has 2 aliphatic rings. The maximum atomic E-state index is 11.3. The molecule has 2 fully saturated rings. The topological polar surface area (TPSA) is 107 Å². The number of nitrogens with one attached hydrogen (secondary N) is 1. The molecule has 0 spiro atoms. The Morgan fingerprint density at radius 3 is 2.25 bits per heavy atom. The van der Waals surface area contributed by atoms with Crippen molar-refractivity contribution in [3.05, 3.63) is 58.3 Å². The predicted molar refractivity (Wildman–Crippen MR) is 173 cm³/mol. The van der Waals surface area contributed by atoms with Crippen molar-refractivity contribution in [3.8, 4) is 22.9 Å². The maximum absolute atomic E-state index is 11.3. The lowest BCUT2D eigenvalue weighted by molar-refractivity contribution is -0.119. The van der Waals surface area contributed by atoms with Crippen molar-refractivity contribution in [1.82, 2.24) is 30.1 Å². The molecule has 2 saturated heterocycles. The average Bonchev–Trinajstić information content (AvgIpc) is 2.96. The number of carbonyl (C=O) groups excluding carboxylic acids is 1. The smallest absolute Gasteiger partial charge is 0.225 e. The molecule has 0 atom stereocenters. The van der Waals surface area contributed by atoms with Crippen molar-refractivity contribution in [3.63, 3.8) is 0 Å². The van der Waals surface area contributed by atoms with E-state index >= 15 is 0 Å². The summed E-state index contributed by atoms with van der Waals surface area (Å²) in [7, 11) is 0. The third-order valence-electron chi connectivity index (χ3n) is 7.88. The van der Waals surface area contributed by atoms with E-state index in [1.807, 2.05) is 32.0 Å². The number of anilines is 1. The van der Waals surface area contributed by atoms with Gasteiger partial charge in [0.2, 0.25) is 17.7 Å². The lowest BCUT2D eigenvalue weighted by atomic mass is 9.96. The van der Waals surface area contributed by atoms with Gasteiger partial charge in [-0.15, -0.1) is 0 Å². The highest BCUT2D eigenvalue weighted by Gasteiger charge is 2.24. The Hall–Kier alpha value is -3.02. The maximum Gasteiger partial charge on any atom is 0.225 e. The minimum absolute atomic E-state index is 0.0201. The van der Waals surface area contributed by atoms with Crippen LogP contribution in [0.2, 0.25) is 10.0 Å². The van der Waals surface area contributed by atoms with Crippen molar-refractivity contribution in [2.24, 2.45) is 5.92 Å². The van der Waals surface area contributed by atoms with Crippen LogP contribution in [0.3, 0.4) is 0 Å². The molecule has 2 aliphatic heterocycles. The van der Waals surface area contributed by atoms with E-state index in [9.17, 15) is 9.90 Å². The van der Waals surface area contributed by atoms with E-state index in [-0.39, 0.29) is 5.91 Å². The van der Waals surface area contributed by atoms with Crippen molar-refractivity contribution in [2.45, 2.75) is 45.8 Å². The van der Waals surface area contributed by atoms with Crippen LogP contribution in [0, 0.1) is 5.92 Å². The molecule has 0 saturated carbocycles. The number of benzene rings is 1. The Bertz CT molecular complexity index is 1400. The Balaban J connectivity index is 1.28. The normalized spacial score (nSPS) is 17.1. The second-order valence-corrected chi connectivity index (χ2v) is 13.3. The van der Waals surface area contributed by atoms with Crippen molar-refractivity contribution < 1.29 is 14.6 Å². The number of amides is 1.